The number of carbonyl (C=O) groups excluding carboxylic acids is 1. The van der Waals surface area contributed by atoms with Crippen molar-refractivity contribution in [1.82, 2.24) is 4.72 Å². The van der Waals surface area contributed by atoms with Gasteiger partial charge in [-0.05, 0) is 43.5 Å². The fraction of sp³-hybridized carbons (Fsp3) is 0.278. The van der Waals surface area contributed by atoms with Crippen LogP contribution in [0.5, 0.6) is 0 Å². The van der Waals surface area contributed by atoms with E-state index in [-0.39, 0.29) is 23.5 Å². The number of nitrogens with one attached hydrogen (secondary N) is 2. The largest absolute Gasteiger partial charge is 0.326 e. The van der Waals surface area contributed by atoms with Gasteiger partial charge in [0.2, 0.25) is 15.9 Å². The molecule has 0 fully saturated rings. The first-order chi connectivity index (χ1) is 12.6. The lowest BCUT2D eigenvalue weighted by Crippen LogP contribution is -2.28. The summed E-state index contributed by atoms with van der Waals surface area (Å²) in [6.45, 7) is 5.12. The number of hydrogen-bond acceptors (Lipinski definition) is 5. The number of nitro groups is 1. The molecule has 0 spiro atoms. The van der Waals surface area contributed by atoms with Gasteiger partial charge in [0.15, 0.2) is 0 Å². The molecule has 0 aliphatic carbocycles. The minimum atomic E-state index is -3.73. The zero-order chi connectivity index (χ0) is 20.2. The Hall–Kier alpha value is -2.78. The van der Waals surface area contributed by atoms with E-state index in [1.54, 1.807) is 32.9 Å². The maximum Gasteiger partial charge on any atom is 0.271 e. The Morgan fingerprint density at radius 3 is 2.41 bits per heavy atom. The summed E-state index contributed by atoms with van der Waals surface area (Å²) in [5.41, 5.74) is 2.30. The molecule has 0 radical (unpaired) electrons. The van der Waals surface area contributed by atoms with E-state index in [0.29, 0.717) is 16.8 Å². The molecular formula is C18H21N3O5S. The third-order valence-electron chi connectivity index (χ3n) is 3.98. The highest BCUT2D eigenvalue weighted by Gasteiger charge is 2.17. The Balaban J connectivity index is 1.99. The molecule has 0 atom stereocenters. The predicted molar refractivity (Wildman–Crippen MR) is 102 cm³/mol. The lowest BCUT2D eigenvalue weighted by Gasteiger charge is -2.11. The monoisotopic (exact) mass is 391 g/mol. The van der Waals surface area contributed by atoms with Gasteiger partial charge in [0.1, 0.15) is 0 Å². The molecule has 0 aromatic heterocycles. The van der Waals surface area contributed by atoms with E-state index >= 15 is 0 Å². The van der Waals surface area contributed by atoms with Crippen LogP contribution in [0.4, 0.5) is 11.4 Å². The number of nitrogens with zero attached hydrogens (tertiary/aromatic N) is 1. The van der Waals surface area contributed by atoms with Crippen LogP contribution in [0, 0.1) is 30.9 Å². The molecule has 0 aliphatic rings. The molecule has 2 aromatic carbocycles. The Bertz CT molecular complexity index is 986. The molecule has 144 valence electrons. The van der Waals surface area contributed by atoms with Crippen molar-refractivity contribution in [2.24, 2.45) is 0 Å². The minimum Gasteiger partial charge on any atom is -0.326 e. The quantitative estimate of drug-likeness (QED) is 0.556. The van der Waals surface area contributed by atoms with E-state index in [9.17, 15) is 23.3 Å². The van der Waals surface area contributed by atoms with Crippen LogP contribution in [0.1, 0.15) is 23.1 Å². The standard InChI is InChI=1S/C18H21N3O5S/c1-12-4-5-14(3)17(10-12)27(25,26)19-9-8-18(22)20-16-11-15(21(23)24)7-6-13(16)2/h4-7,10-11,19H,8-9H2,1-3H3,(H,20,22). The van der Waals surface area contributed by atoms with Crippen molar-refractivity contribution in [3.05, 3.63) is 63.2 Å². The summed E-state index contributed by atoms with van der Waals surface area (Å²) in [6.07, 6.45) is -0.105. The fourth-order valence-corrected chi connectivity index (χ4v) is 3.80. The summed E-state index contributed by atoms with van der Waals surface area (Å²) in [5.74, 6) is -0.442. The second kappa shape index (κ2) is 8.28. The van der Waals surface area contributed by atoms with Crippen LogP contribution in [0.15, 0.2) is 41.3 Å². The summed E-state index contributed by atoms with van der Waals surface area (Å²) in [7, 11) is -3.73. The molecule has 0 heterocycles. The van der Waals surface area contributed by atoms with Crippen molar-refractivity contribution >= 4 is 27.3 Å². The molecule has 2 N–H and O–H groups in total. The predicted octanol–water partition coefficient (Wildman–Crippen LogP) is 2.83. The van der Waals surface area contributed by atoms with Crippen molar-refractivity contribution in [3.63, 3.8) is 0 Å². The van der Waals surface area contributed by atoms with Gasteiger partial charge in [-0.25, -0.2) is 13.1 Å². The van der Waals surface area contributed by atoms with Gasteiger partial charge in [-0.2, -0.15) is 0 Å². The molecule has 0 saturated heterocycles. The van der Waals surface area contributed by atoms with Crippen LogP contribution >= 0.6 is 0 Å². The first kappa shape index (κ1) is 20.5. The number of non-ortho nitro benzene ring substituents is 1. The molecule has 8 nitrogen and oxygen atoms in total. The zero-order valence-electron chi connectivity index (χ0n) is 15.3. The first-order valence-electron chi connectivity index (χ1n) is 8.22. The number of sulfonamides is 1. The lowest BCUT2D eigenvalue weighted by molar-refractivity contribution is -0.384. The van der Waals surface area contributed by atoms with E-state index in [4.69, 9.17) is 0 Å². The SMILES string of the molecule is Cc1ccc(C)c(S(=O)(=O)NCCC(=O)Nc2cc([N+](=O)[O-])ccc2C)c1. The summed E-state index contributed by atoms with van der Waals surface area (Å²) >= 11 is 0. The van der Waals surface area contributed by atoms with Gasteiger partial charge in [-0.3, -0.25) is 14.9 Å². The number of amides is 1. The van der Waals surface area contributed by atoms with Crippen LogP contribution in [0.3, 0.4) is 0 Å². The van der Waals surface area contributed by atoms with E-state index in [1.165, 1.54) is 18.2 Å². The highest BCUT2D eigenvalue weighted by atomic mass is 32.2. The Kier molecular flexibility index (Phi) is 6.29. The van der Waals surface area contributed by atoms with E-state index < -0.39 is 20.9 Å². The summed E-state index contributed by atoms with van der Waals surface area (Å²) < 4.78 is 27.2. The van der Waals surface area contributed by atoms with Crippen molar-refractivity contribution in [2.75, 3.05) is 11.9 Å². The molecule has 2 aromatic rings. The Labute approximate surface area is 157 Å². The van der Waals surface area contributed by atoms with Crippen molar-refractivity contribution < 1.29 is 18.1 Å². The topological polar surface area (TPSA) is 118 Å². The number of anilines is 1. The fourth-order valence-electron chi connectivity index (χ4n) is 2.44. The lowest BCUT2D eigenvalue weighted by atomic mass is 10.2. The van der Waals surface area contributed by atoms with Gasteiger partial charge >= 0.3 is 0 Å². The van der Waals surface area contributed by atoms with Crippen molar-refractivity contribution in [1.29, 1.82) is 0 Å². The molecule has 0 unspecified atom stereocenters. The second-order valence-corrected chi connectivity index (χ2v) is 7.96. The van der Waals surface area contributed by atoms with E-state index in [1.807, 2.05) is 6.07 Å². The smallest absolute Gasteiger partial charge is 0.271 e. The highest BCUT2D eigenvalue weighted by molar-refractivity contribution is 7.89. The summed E-state index contributed by atoms with van der Waals surface area (Å²) in [5, 5.41) is 13.4. The zero-order valence-corrected chi connectivity index (χ0v) is 16.1. The average molecular weight is 391 g/mol. The molecule has 2 rings (SSSR count). The van der Waals surface area contributed by atoms with Gasteiger partial charge in [-0.1, -0.05) is 18.2 Å². The van der Waals surface area contributed by atoms with Crippen LogP contribution in [0.2, 0.25) is 0 Å². The number of nitro benzene ring substituents is 1. The van der Waals surface area contributed by atoms with Crippen LogP contribution in [-0.4, -0.2) is 25.8 Å². The number of rotatable bonds is 7. The van der Waals surface area contributed by atoms with Gasteiger partial charge in [0.25, 0.3) is 5.69 Å². The minimum absolute atomic E-state index is 0.0878. The maximum atomic E-state index is 12.4. The van der Waals surface area contributed by atoms with Crippen LogP contribution in [-0.2, 0) is 14.8 Å². The molecule has 0 aliphatic heterocycles. The first-order valence-corrected chi connectivity index (χ1v) is 9.70. The number of benzene rings is 2. The van der Waals surface area contributed by atoms with Crippen LogP contribution < -0.4 is 10.0 Å². The molecule has 0 saturated carbocycles. The third-order valence-corrected chi connectivity index (χ3v) is 5.59. The van der Waals surface area contributed by atoms with Gasteiger partial charge in [-0.15, -0.1) is 0 Å². The van der Waals surface area contributed by atoms with Crippen LogP contribution in [0.25, 0.3) is 0 Å². The molecule has 0 bridgehead atoms. The Morgan fingerprint density at radius 1 is 1.07 bits per heavy atom. The van der Waals surface area contributed by atoms with Crippen molar-refractivity contribution in [3.8, 4) is 0 Å². The Morgan fingerprint density at radius 2 is 1.74 bits per heavy atom. The highest BCUT2D eigenvalue weighted by Crippen LogP contribution is 2.22. The second-order valence-electron chi connectivity index (χ2n) is 6.22. The van der Waals surface area contributed by atoms with Gasteiger partial charge in [0, 0.05) is 25.1 Å². The number of aryl methyl sites for hydroxylation is 3. The van der Waals surface area contributed by atoms with Crippen molar-refractivity contribution in [2.45, 2.75) is 32.1 Å². The molecule has 9 heteroatoms. The molecule has 1 amide bonds. The van der Waals surface area contributed by atoms with E-state index in [0.717, 1.165) is 5.56 Å². The molecule has 27 heavy (non-hydrogen) atoms. The van der Waals surface area contributed by atoms with E-state index in [2.05, 4.69) is 10.0 Å². The van der Waals surface area contributed by atoms with Gasteiger partial charge < -0.3 is 5.32 Å². The van der Waals surface area contributed by atoms with Gasteiger partial charge in [0.05, 0.1) is 15.5 Å². The normalized spacial score (nSPS) is 11.2. The average Bonchev–Trinajstić information content (AvgIpc) is 2.58. The summed E-state index contributed by atoms with van der Waals surface area (Å²) in [4.78, 5) is 22.5. The molecular weight excluding hydrogens is 370 g/mol. The maximum absolute atomic E-state index is 12.4. The number of hydrogen-bond donors (Lipinski definition) is 2. The summed E-state index contributed by atoms with van der Waals surface area (Å²) in [6, 6.07) is 9.28. The third kappa shape index (κ3) is 5.35. The number of carbonyl (C=O) groups is 1.